The number of halogens is 1. The Balaban J connectivity index is 2.59. The van der Waals surface area contributed by atoms with Gasteiger partial charge >= 0.3 is 0 Å². The molecule has 98 valence electrons. The molecule has 2 heteroatoms. The fourth-order valence-corrected chi connectivity index (χ4v) is 1.64. The Kier molecular flexibility index (Phi) is 8.38. The average molecular weight is 265 g/mol. The fraction of sp³-hybridized carbons (Fsp3) is 0.500. The summed E-state index contributed by atoms with van der Waals surface area (Å²) < 4.78 is 5.79. The Bertz CT molecular complexity index is 364. The molecule has 1 rings (SSSR count). The highest BCUT2D eigenvalue weighted by Gasteiger charge is 2.07. The molecule has 1 aromatic carbocycles. The van der Waals surface area contributed by atoms with Gasteiger partial charge < -0.3 is 4.74 Å². The molecular weight excluding hydrogens is 244 g/mol. The van der Waals surface area contributed by atoms with E-state index < -0.39 is 0 Å². The summed E-state index contributed by atoms with van der Waals surface area (Å²) in [5.74, 6) is 7.05. The highest BCUT2D eigenvalue weighted by Crippen LogP contribution is 2.16. The van der Waals surface area contributed by atoms with Crippen LogP contribution in [-0.4, -0.2) is 12.5 Å². The second-order valence-corrected chi connectivity index (χ2v) is 4.51. The van der Waals surface area contributed by atoms with Gasteiger partial charge in [-0.25, -0.2) is 0 Å². The molecule has 0 amide bonds. The molecule has 0 heterocycles. The summed E-state index contributed by atoms with van der Waals surface area (Å²) in [6.07, 6.45) is 4.01. The van der Waals surface area contributed by atoms with Crippen LogP contribution in [0.2, 0.25) is 0 Å². The Morgan fingerprint density at radius 2 is 2.00 bits per heavy atom. The van der Waals surface area contributed by atoms with Crippen molar-refractivity contribution in [3.8, 4) is 11.8 Å². The lowest BCUT2D eigenvalue weighted by atomic mass is 10.1. The highest BCUT2D eigenvalue weighted by molar-refractivity contribution is 6.17. The quantitative estimate of drug-likeness (QED) is 0.398. The molecule has 0 radical (unpaired) electrons. The molecule has 0 spiro atoms. The maximum Gasteiger partial charge on any atom is 0.143 e. The first-order valence-corrected chi connectivity index (χ1v) is 7.12. The normalized spacial score (nSPS) is 11.7. The largest absolute Gasteiger partial charge is 0.361 e. The maximum atomic E-state index is 5.79. The van der Waals surface area contributed by atoms with Crippen LogP contribution in [0.1, 0.15) is 44.3 Å². The number of ether oxygens (including phenoxy) is 1. The van der Waals surface area contributed by atoms with Gasteiger partial charge in [0.25, 0.3) is 0 Å². The zero-order chi connectivity index (χ0) is 13.1. The summed E-state index contributed by atoms with van der Waals surface area (Å²) >= 11 is 5.66. The molecule has 1 aromatic rings. The third-order valence-corrected chi connectivity index (χ3v) is 2.82. The number of hydrogen-bond acceptors (Lipinski definition) is 1. The number of alkyl halides is 1. The predicted octanol–water partition coefficient (Wildman–Crippen LogP) is 4.57. The fourth-order valence-electron chi connectivity index (χ4n) is 1.53. The minimum atomic E-state index is -0.119. The molecule has 0 aliphatic heterocycles. The molecule has 1 nitrogen and oxygen atoms in total. The number of hydrogen-bond donors (Lipinski definition) is 0. The van der Waals surface area contributed by atoms with Gasteiger partial charge in [-0.3, -0.25) is 0 Å². The van der Waals surface area contributed by atoms with E-state index in [0.717, 1.165) is 24.8 Å². The molecule has 0 saturated carbocycles. The van der Waals surface area contributed by atoms with E-state index >= 15 is 0 Å². The first-order chi connectivity index (χ1) is 8.88. The van der Waals surface area contributed by atoms with Gasteiger partial charge in [-0.15, -0.1) is 17.5 Å². The van der Waals surface area contributed by atoms with Crippen molar-refractivity contribution in [2.45, 2.75) is 38.7 Å². The van der Waals surface area contributed by atoms with E-state index in [4.69, 9.17) is 16.3 Å². The van der Waals surface area contributed by atoms with Crippen molar-refractivity contribution < 1.29 is 4.74 Å². The van der Waals surface area contributed by atoms with E-state index in [1.165, 1.54) is 6.42 Å². The number of unbranched alkanes of at least 4 members (excludes halogenated alkanes) is 2. The summed E-state index contributed by atoms with van der Waals surface area (Å²) in [6.45, 7) is 2.83. The van der Waals surface area contributed by atoms with Crippen LogP contribution >= 0.6 is 11.6 Å². The van der Waals surface area contributed by atoms with Crippen LogP contribution in [0.5, 0.6) is 0 Å². The Hall–Kier alpha value is -0.970. The average Bonchev–Trinajstić information content (AvgIpc) is 2.42. The minimum absolute atomic E-state index is 0.119. The Morgan fingerprint density at radius 1 is 1.22 bits per heavy atom. The second-order valence-electron chi connectivity index (χ2n) is 4.13. The van der Waals surface area contributed by atoms with Gasteiger partial charge in [0.05, 0.1) is 0 Å². The molecule has 1 unspecified atom stereocenters. The van der Waals surface area contributed by atoms with E-state index in [-0.39, 0.29) is 6.10 Å². The monoisotopic (exact) mass is 264 g/mol. The van der Waals surface area contributed by atoms with Gasteiger partial charge in [-0.1, -0.05) is 49.6 Å². The third kappa shape index (κ3) is 6.10. The van der Waals surface area contributed by atoms with Crippen molar-refractivity contribution in [2.75, 3.05) is 12.5 Å². The van der Waals surface area contributed by atoms with Gasteiger partial charge in [0.2, 0.25) is 0 Å². The zero-order valence-corrected chi connectivity index (χ0v) is 11.7. The lowest BCUT2D eigenvalue weighted by Crippen LogP contribution is -2.04. The Morgan fingerprint density at radius 3 is 2.67 bits per heavy atom. The summed E-state index contributed by atoms with van der Waals surface area (Å²) in [5, 5.41) is 0. The first kappa shape index (κ1) is 15.1. The van der Waals surface area contributed by atoms with Crippen LogP contribution in [0.3, 0.4) is 0 Å². The molecule has 1 atom stereocenters. The maximum absolute atomic E-state index is 5.79. The van der Waals surface area contributed by atoms with E-state index in [1.807, 2.05) is 18.2 Å². The zero-order valence-electron chi connectivity index (χ0n) is 11.0. The second kappa shape index (κ2) is 10.00. The molecular formula is C16H21ClO. The topological polar surface area (TPSA) is 9.23 Å². The highest BCUT2D eigenvalue weighted by atomic mass is 35.5. The van der Waals surface area contributed by atoms with Crippen molar-refractivity contribution >= 4 is 11.6 Å². The van der Waals surface area contributed by atoms with E-state index in [9.17, 15) is 0 Å². The van der Waals surface area contributed by atoms with Crippen molar-refractivity contribution in [2.24, 2.45) is 0 Å². The lowest BCUT2D eigenvalue weighted by molar-refractivity contribution is 0.0926. The predicted molar refractivity (Wildman–Crippen MR) is 77.8 cm³/mol. The molecule has 18 heavy (non-hydrogen) atoms. The van der Waals surface area contributed by atoms with E-state index in [1.54, 1.807) is 0 Å². The molecule has 0 saturated heterocycles. The summed E-state index contributed by atoms with van der Waals surface area (Å²) in [6, 6.07) is 10.1. The van der Waals surface area contributed by atoms with Crippen molar-refractivity contribution in [1.29, 1.82) is 0 Å². The van der Waals surface area contributed by atoms with Crippen LogP contribution < -0.4 is 0 Å². The van der Waals surface area contributed by atoms with Crippen molar-refractivity contribution in [3.05, 3.63) is 35.9 Å². The minimum Gasteiger partial charge on any atom is -0.361 e. The molecule has 0 aliphatic rings. The lowest BCUT2D eigenvalue weighted by Gasteiger charge is -2.12. The summed E-state index contributed by atoms with van der Waals surface area (Å²) in [5.41, 5.74) is 1.12. The van der Waals surface area contributed by atoms with Crippen LogP contribution in [0.4, 0.5) is 0 Å². The van der Waals surface area contributed by atoms with Gasteiger partial charge in [-0.05, 0) is 18.4 Å². The van der Waals surface area contributed by atoms with Crippen molar-refractivity contribution in [1.82, 2.24) is 0 Å². The van der Waals surface area contributed by atoms with Crippen LogP contribution in [-0.2, 0) is 4.74 Å². The molecule has 0 bridgehead atoms. The number of benzene rings is 1. The SMILES string of the molecule is CCCCC#CC(OCCCCl)c1ccccc1. The van der Waals surface area contributed by atoms with Gasteiger partial charge in [0, 0.05) is 18.9 Å². The third-order valence-electron chi connectivity index (χ3n) is 2.55. The van der Waals surface area contributed by atoms with Crippen molar-refractivity contribution in [3.63, 3.8) is 0 Å². The summed E-state index contributed by atoms with van der Waals surface area (Å²) in [7, 11) is 0. The van der Waals surface area contributed by atoms with Crippen LogP contribution in [0, 0.1) is 11.8 Å². The van der Waals surface area contributed by atoms with Gasteiger partial charge in [0.15, 0.2) is 0 Å². The molecule has 0 N–H and O–H groups in total. The standard InChI is InChI=1S/C16H21ClO/c1-2-3-4-8-12-16(18-14-9-13-17)15-10-6-5-7-11-15/h5-7,10-11,16H,2-4,9,13-14H2,1H3. The Labute approximate surface area is 115 Å². The van der Waals surface area contributed by atoms with Gasteiger partial charge in [0.1, 0.15) is 6.10 Å². The van der Waals surface area contributed by atoms with Crippen LogP contribution in [0.15, 0.2) is 30.3 Å². The first-order valence-electron chi connectivity index (χ1n) is 6.59. The van der Waals surface area contributed by atoms with E-state index in [0.29, 0.717) is 12.5 Å². The van der Waals surface area contributed by atoms with Crippen LogP contribution in [0.25, 0.3) is 0 Å². The summed E-state index contributed by atoms with van der Waals surface area (Å²) in [4.78, 5) is 0. The molecule has 0 fully saturated rings. The molecule has 0 aromatic heterocycles. The smallest absolute Gasteiger partial charge is 0.143 e. The molecule has 0 aliphatic carbocycles. The van der Waals surface area contributed by atoms with Gasteiger partial charge in [-0.2, -0.15) is 0 Å². The van der Waals surface area contributed by atoms with E-state index in [2.05, 4.69) is 30.9 Å². The number of rotatable bonds is 7.